The number of halogens is 1. The van der Waals surface area contributed by atoms with Crippen LogP contribution in [0.1, 0.15) is 10.4 Å². The molecule has 3 heteroatoms. The molecule has 74 valence electrons. The van der Waals surface area contributed by atoms with Gasteiger partial charge in [-0.25, -0.2) is 0 Å². The Morgan fingerprint density at radius 3 is 2.53 bits per heavy atom. The van der Waals surface area contributed by atoms with Gasteiger partial charge in [0.2, 0.25) is 0 Å². The molecule has 0 saturated heterocycles. The summed E-state index contributed by atoms with van der Waals surface area (Å²) in [5.41, 5.74) is 2.17. The summed E-state index contributed by atoms with van der Waals surface area (Å²) in [6.07, 6.45) is 3.82. The van der Waals surface area contributed by atoms with Crippen molar-refractivity contribution in [3.8, 4) is 11.1 Å². The molecule has 0 unspecified atom stereocenters. The van der Waals surface area contributed by atoms with Crippen LogP contribution in [0.25, 0.3) is 11.1 Å². The van der Waals surface area contributed by atoms with E-state index >= 15 is 0 Å². The molecule has 1 heterocycles. The maximum atomic E-state index is 10.9. The number of rotatable bonds is 2. The summed E-state index contributed by atoms with van der Waals surface area (Å²) in [6, 6.07) is 9.54. The summed E-state index contributed by atoms with van der Waals surface area (Å²) in [5.74, 6) is 0. The lowest BCUT2D eigenvalue weighted by Crippen LogP contribution is -1.90. The number of pyridine rings is 1. The zero-order chi connectivity index (χ0) is 10.7. The van der Waals surface area contributed by atoms with Gasteiger partial charge < -0.3 is 0 Å². The van der Waals surface area contributed by atoms with Crippen LogP contribution >= 0.6 is 11.6 Å². The van der Waals surface area contributed by atoms with E-state index in [9.17, 15) is 4.79 Å². The Labute approximate surface area is 92.5 Å². The number of benzene rings is 1. The van der Waals surface area contributed by atoms with E-state index in [-0.39, 0.29) is 0 Å². The minimum Gasteiger partial charge on any atom is -0.298 e. The number of aldehydes is 1. The molecule has 2 nitrogen and oxygen atoms in total. The van der Waals surface area contributed by atoms with Crippen LogP contribution in [0.15, 0.2) is 42.7 Å². The molecule has 2 rings (SSSR count). The number of aromatic nitrogens is 1. The molecule has 0 aliphatic carbocycles. The number of hydrogen-bond donors (Lipinski definition) is 0. The van der Waals surface area contributed by atoms with Crippen LogP contribution in [-0.4, -0.2) is 11.3 Å². The van der Waals surface area contributed by atoms with Gasteiger partial charge in [0.1, 0.15) is 0 Å². The van der Waals surface area contributed by atoms with E-state index in [2.05, 4.69) is 4.98 Å². The van der Waals surface area contributed by atoms with Crippen LogP contribution in [0.4, 0.5) is 0 Å². The lowest BCUT2D eigenvalue weighted by Gasteiger charge is -2.06. The van der Waals surface area contributed by atoms with Crippen LogP contribution in [-0.2, 0) is 0 Å². The van der Waals surface area contributed by atoms with Gasteiger partial charge in [-0.2, -0.15) is 0 Å². The smallest absolute Gasteiger partial charge is 0.152 e. The minimum atomic E-state index is 0.491. The summed E-state index contributed by atoms with van der Waals surface area (Å²) >= 11 is 6.02. The maximum absolute atomic E-state index is 10.9. The van der Waals surface area contributed by atoms with Crippen molar-refractivity contribution in [3.05, 3.63) is 53.3 Å². The van der Waals surface area contributed by atoms with E-state index in [1.54, 1.807) is 0 Å². The third-order valence-electron chi connectivity index (χ3n) is 2.12. The molecule has 0 spiro atoms. The van der Waals surface area contributed by atoms with E-state index in [4.69, 9.17) is 11.6 Å². The molecule has 0 radical (unpaired) electrons. The summed E-state index contributed by atoms with van der Waals surface area (Å²) in [5, 5.41) is 0.491. The largest absolute Gasteiger partial charge is 0.298 e. The van der Waals surface area contributed by atoms with Crippen molar-refractivity contribution in [1.82, 2.24) is 4.98 Å². The Morgan fingerprint density at radius 2 is 1.87 bits per heavy atom. The third-order valence-corrected chi connectivity index (χ3v) is 2.41. The first-order valence-corrected chi connectivity index (χ1v) is 4.85. The number of carbonyl (C=O) groups excluding carboxylic acids is 1. The zero-order valence-corrected chi connectivity index (χ0v) is 8.61. The van der Waals surface area contributed by atoms with Crippen LogP contribution in [0.3, 0.4) is 0 Å². The normalized spacial score (nSPS) is 9.93. The van der Waals surface area contributed by atoms with Gasteiger partial charge >= 0.3 is 0 Å². The first-order valence-electron chi connectivity index (χ1n) is 4.47. The minimum absolute atomic E-state index is 0.491. The lowest BCUT2D eigenvalue weighted by molar-refractivity contribution is 0.112. The van der Waals surface area contributed by atoms with Crippen molar-refractivity contribution in [2.45, 2.75) is 0 Å². The van der Waals surface area contributed by atoms with Crippen LogP contribution in [0.5, 0.6) is 0 Å². The summed E-state index contributed by atoms with van der Waals surface area (Å²) in [7, 11) is 0. The van der Waals surface area contributed by atoms with Gasteiger partial charge in [0.25, 0.3) is 0 Å². The molecule has 1 aromatic heterocycles. The average Bonchev–Trinajstić information content (AvgIpc) is 2.29. The average molecular weight is 218 g/mol. The van der Waals surface area contributed by atoms with Crippen LogP contribution < -0.4 is 0 Å². The second kappa shape index (κ2) is 4.24. The SMILES string of the molecule is O=Cc1cncc(Cl)c1-c1ccccc1. The van der Waals surface area contributed by atoms with E-state index < -0.39 is 0 Å². The van der Waals surface area contributed by atoms with Gasteiger partial charge in [-0.3, -0.25) is 9.78 Å². The molecule has 0 saturated carbocycles. The van der Waals surface area contributed by atoms with Crippen LogP contribution in [0, 0.1) is 0 Å². The summed E-state index contributed by atoms with van der Waals surface area (Å²) in [6.45, 7) is 0. The Hall–Kier alpha value is -1.67. The standard InChI is InChI=1S/C12H8ClNO/c13-11-7-14-6-10(8-15)12(11)9-4-2-1-3-5-9/h1-8H. The predicted molar refractivity (Wildman–Crippen MR) is 60.1 cm³/mol. The molecule has 0 bridgehead atoms. The molecule has 0 aliphatic heterocycles. The quantitative estimate of drug-likeness (QED) is 0.723. The van der Waals surface area contributed by atoms with Crippen LogP contribution in [0.2, 0.25) is 5.02 Å². The number of carbonyl (C=O) groups is 1. The second-order valence-corrected chi connectivity index (χ2v) is 3.48. The highest BCUT2D eigenvalue weighted by Gasteiger charge is 2.08. The van der Waals surface area contributed by atoms with Crippen molar-refractivity contribution in [1.29, 1.82) is 0 Å². The Balaban J connectivity index is 2.66. The topological polar surface area (TPSA) is 30.0 Å². The van der Waals surface area contributed by atoms with Gasteiger partial charge in [0, 0.05) is 23.5 Å². The highest BCUT2D eigenvalue weighted by atomic mass is 35.5. The Kier molecular flexibility index (Phi) is 2.79. The van der Waals surface area contributed by atoms with Gasteiger partial charge in [0.05, 0.1) is 5.02 Å². The first-order chi connectivity index (χ1) is 7.33. The van der Waals surface area contributed by atoms with Crippen molar-refractivity contribution >= 4 is 17.9 Å². The Bertz CT molecular complexity index is 482. The number of hydrogen-bond acceptors (Lipinski definition) is 2. The molecule has 15 heavy (non-hydrogen) atoms. The summed E-state index contributed by atoms with van der Waals surface area (Å²) < 4.78 is 0. The molecule has 0 atom stereocenters. The van der Waals surface area contributed by atoms with Gasteiger partial charge in [-0.15, -0.1) is 0 Å². The lowest BCUT2D eigenvalue weighted by atomic mass is 10.0. The fourth-order valence-electron chi connectivity index (χ4n) is 1.45. The summed E-state index contributed by atoms with van der Waals surface area (Å²) in [4.78, 5) is 14.7. The third kappa shape index (κ3) is 1.90. The molecular weight excluding hydrogens is 210 g/mol. The van der Waals surface area contributed by atoms with E-state index in [0.29, 0.717) is 10.6 Å². The molecule has 0 fully saturated rings. The first kappa shape index (κ1) is 9.87. The van der Waals surface area contributed by atoms with E-state index in [1.807, 2.05) is 30.3 Å². The monoisotopic (exact) mass is 217 g/mol. The number of nitrogens with zero attached hydrogens (tertiary/aromatic N) is 1. The highest BCUT2D eigenvalue weighted by Crippen LogP contribution is 2.29. The fraction of sp³-hybridized carbons (Fsp3) is 0. The van der Waals surface area contributed by atoms with Crippen molar-refractivity contribution in [3.63, 3.8) is 0 Å². The Morgan fingerprint density at radius 1 is 1.13 bits per heavy atom. The zero-order valence-electron chi connectivity index (χ0n) is 7.85. The van der Waals surface area contributed by atoms with Gasteiger partial charge in [-0.1, -0.05) is 41.9 Å². The van der Waals surface area contributed by atoms with Crippen molar-refractivity contribution in [2.75, 3.05) is 0 Å². The van der Waals surface area contributed by atoms with Crippen molar-refractivity contribution < 1.29 is 4.79 Å². The van der Waals surface area contributed by atoms with E-state index in [1.165, 1.54) is 12.4 Å². The molecule has 0 N–H and O–H groups in total. The van der Waals surface area contributed by atoms with Crippen molar-refractivity contribution in [2.24, 2.45) is 0 Å². The maximum Gasteiger partial charge on any atom is 0.152 e. The molecule has 2 aromatic rings. The predicted octanol–water partition coefficient (Wildman–Crippen LogP) is 3.21. The molecule has 0 amide bonds. The molecular formula is C12H8ClNO. The van der Waals surface area contributed by atoms with E-state index in [0.717, 1.165) is 17.4 Å². The second-order valence-electron chi connectivity index (χ2n) is 3.07. The highest BCUT2D eigenvalue weighted by molar-refractivity contribution is 6.33. The van der Waals surface area contributed by atoms with Gasteiger partial charge in [0.15, 0.2) is 6.29 Å². The van der Waals surface area contributed by atoms with Gasteiger partial charge in [-0.05, 0) is 5.56 Å². The fourth-order valence-corrected chi connectivity index (χ4v) is 1.72. The molecule has 0 aliphatic rings. The molecule has 1 aromatic carbocycles.